The Balaban J connectivity index is 1.96. The van der Waals surface area contributed by atoms with E-state index >= 15 is 0 Å². The predicted octanol–water partition coefficient (Wildman–Crippen LogP) is 1.48. The Bertz CT molecular complexity index is 451. The quantitative estimate of drug-likeness (QED) is 0.607. The van der Waals surface area contributed by atoms with Crippen LogP contribution in [0.25, 0.3) is 0 Å². The number of rotatable bonds is 3. The third-order valence-corrected chi connectivity index (χ3v) is 4.50. The van der Waals surface area contributed by atoms with E-state index in [0.717, 1.165) is 0 Å². The van der Waals surface area contributed by atoms with Gasteiger partial charge in [0.05, 0.1) is 18.4 Å². The average molecular weight is 248 g/mol. The van der Waals surface area contributed by atoms with Crippen LogP contribution in [0.15, 0.2) is 24.3 Å². The number of carboxylic acids is 1. The number of carboxylic acid groups (broad SMARTS) is 1. The van der Waals surface area contributed by atoms with E-state index in [2.05, 4.69) is 12.2 Å². The minimum atomic E-state index is -0.883. The minimum absolute atomic E-state index is 0.00912. The molecule has 1 fully saturated rings. The molecule has 4 aliphatic carbocycles. The molecular weight excluding hydrogens is 232 g/mol. The number of allylic oxidation sites excluding steroid dienone is 4. The van der Waals surface area contributed by atoms with Gasteiger partial charge in [-0.25, -0.2) is 0 Å². The van der Waals surface area contributed by atoms with Crippen molar-refractivity contribution in [1.29, 1.82) is 0 Å². The van der Waals surface area contributed by atoms with Crippen LogP contribution < -0.4 is 0 Å². The van der Waals surface area contributed by atoms with E-state index in [1.165, 1.54) is 0 Å². The van der Waals surface area contributed by atoms with Crippen LogP contribution in [0.2, 0.25) is 0 Å². The maximum Gasteiger partial charge on any atom is 0.310 e. The van der Waals surface area contributed by atoms with Crippen LogP contribution in [0.3, 0.4) is 0 Å². The molecule has 4 heteroatoms. The van der Waals surface area contributed by atoms with E-state index in [9.17, 15) is 14.7 Å². The van der Waals surface area contributed by atoms with Crippen molar-refractivity contribution in [3.8, 4) is 0 Å². The Kier molecular flexibility index (Phi) is 2.54. The molecule has 1 saturated carbocycles. The third-order valence-electron chi connectivity index (χ3n) is 4.50. The largest absolute Gasteiger partial charge is 0.481 e. The number of carbonyl (C=O) groups is 2. The van der Waals surface area contributed by atoms with Crippen molar-refractivity contribution in [1.82, 2.24) is 0 Å². The first-order valence-corrected chi connectivity index (χ1v) is 6.41. The van der Waals surface area contributed by atoms with Crippen LogP contribution >= 0.6 is 0 Å². The number of hydrogen-bond acceptors (Lipinski definition) is 3. The van der Waals surface area contributed by atoms with Crippen LogP contribution in [0.1, 0.15) is 6.92 Å². The zero-order chi connectivity index (χ0) is 12.9. The summed E-state index contributed by atoms with van der Waals surface area (Å²) in [6.07, 6.45) is 8.15. The van der Waals surface area contributed by atoms with Gasteiger partial charge in [0.1, 0.15) is 0 Å². The van der Waals surface area contributed by atoms with Crippen LogP contribution in [0.4, 0.5) is 0 Å². The summed E-state index contributed by atoms with van der Waals surface area (Å²) in [6.45, 7) is 2.04. The van der Waals surface area contributed by atoms with Gasteiger partial charge >= 0.3 is 11.9 Å². The normalized spacial score (nSPS) is 43.2. The molecule has 4 aliphatic rings. The molecule has 96 valence electrons. The van der Waals surface area contributed by atoms with Gasteiger partial charge in [-0.3, -0.25) is 9.59 Å². The van der Waals surface area contributed by atoms with Gasteiger partial charge in [0.2, 0.25) is 0 Å². The summed E-state index contributed by atoms with van der Waals surface area (Å²) in [5, 5.41) is 9.41. The molecule has 0 spiro atoms. The van der Waals surface area contributed by atoms with E-state index in [1.54, 1.807) is 6.92 Å². The molecule has 18 heavy (non-hydrogen) atoms. The molecule has 2 unspecified atom stereocenters. The standard InChI is InChI=1S/C14H16O4/c1-2-18-14(17)12-10-6-5-9(11(12)13(15)16)7-3-4-8(7)10/h3-12H,2H2,1H3,(H,15,16)/t7?,8?,9-,10+,11+,12+/m1/s1. The fraction of sp³-hybridized carbons (Fsp3) is 0.571. The molecule has 1 N–H and O–H groups in total. The fourth-order valence-corrected chi connectivity index (χ4v) is 3.71. The highest BCUT2D eigenvalue weighted by Crippen LogP contribution is 2.56. The molecule has 0 heterocycles. The summed E-state index contributed by atoms with van der Waals surface area (Å²) in [4.78, 5) is 23.5. The summed E-state index contributed by atoms with van der Waals surface area (Å²) in [7, 11) is 0. The van der Waals surface area contributed by atoms with Crippen LogP contribution in [0.5, 0.6) is 0 Å². The third kappa shape index (κ3) is 1.38. The van der Waals surface area contributed by atoms with E-state index in [-0.39, 0.29) is 17.8 Å². The monoisotopic (exact) mass is 248 g/mol. The maximum atomic E-state index is 12.0. The molecule has 2 bridgehead atoms. The summed E-state index contributed by atoms with van der Waals surface area (Å²) >= 11 is 0. The average Bonchev–Trinajstić information content (AvgIpc) is 2.27. The number of fused-ring (bicyclic) bond motifs is 1. The Labute approximate surface area is 105 Å². The Morgan fingerprint density at radius 3 is 1.94 bits per heavy atom. The van der Waals surface area contributed by atoms with Gasteiger partial charge in [-0.15, -0.1) is 0 Å². The van der Waals surface area contributed by atoms with Gasteiger partial charge in [0, 0.05) is 0 Å². The lowest BCUT2D eigenvalue weighted by molar-refractivity contribution is -0.167. The number of aliphatic carboxylic acids is 1. The summed E-state index contributed by atoms with van der Waals surface area (Å²) in [5.74, 6) is -1.85. The molecular formula is C14H16O4. The van der Waals surface area contributed by atoms with Crippen LogP contribution in [-0.4, -0.2) is 23.7 Å². The van der Waals surface area contributed by atoms with Crippen molar-refractivity contribution < 1.29 is 19.4 Å². The zero-order valence-corrected chi connectivity index (χ0v) is 10.2. The summed E-state index contributed by atoms with van der Waals surface area (Å²) < 4.78 is 5.06. The van der Waals surface area contributed by atoms with Gasteiger partial charge < -0.3 is 9.84 Å². The van der Waals surface area contributed by atoms with E-state index in [4.69, 9.17) is 4.74 Å². The first kappa shape index (κ1) is 11.5. The number of hydrogen-bond donors (Lipinski definition) is 1. The second kappa shape index (κ2) is 3.97. The van der Waals surface area contributed by atoms with Crippen LogP contribution in [-0.2, 0) is 14.3 Å². The van der Waals surface area contributed by atoms with Gasteiger partial charge in [-0.2, -0.15) is 0 Å². The fourth-order valence-electron chi connectivity index (χ4n) is 3.71. The highest BCUT2D eigenvalue weighted by Gasteiger charge is 2.57. The topological polar surface area (TPSA) is 63.6 Å². The molecule has 4 rings (SSSR count). The molecule has 0 aromatic rings. The van der Waals surface area contributed by atoms with Crippen molar-refractivity contribution in [2.24, 2.45) is 35.5 Å². The van der Waals surface area contributed by atoms with Crippen molar-refractivity contribution >= 4 is 11.9 Å². The first-order chi connectivity index (χ1) is 8.65. The molecule has 0 aromatic heterocycles. The van der Waals surface area contributed by atoms with E-state index in [0.29, 0.717) is 18.4 Å². The minimum Gasteiger partial charge on any atom is -0.481 e. The smallest absolute Gasteiger partial charge is 0.310 e. The Morgan fingerprint density at radius 1 is 1.00 bits per heavy atom. The SMILES string of the molecule is CCOC(=O)[C@@H]1[C@@H](C(=O)O)[C@@H]2C=C[C@H]1C1C=CC12. The molecule has 0 aromatic carbocycles. The van der Waals surface area contributed by atoms with Gasteiger partial charge in [0.15, 0.2) is 0 Å². The summed E-state index contributed by atoms with van der Waals surface area (Å²) in [5.41, 5.74) is 0. The van der Waals surface area contributed by atoms with Gasteiger partial charge in [-0.05, 0) is 30.6 Å². The molecule has 6 atom stereocenters. The summed E-state index contributed by atoms with van der Waals surface area (Å²) in [6, 6.07) is 0. The molecule has 0 saturated heterocycles. The lowest BCUT2D eigenvalue weighted by atomic mass is 9.50. The van der Waals surface area contributed by atoms with Gasteiger partial charge in [-0.1, -0.05) is 24.3 Å². The lowest BCUT2D eigenvalue weighted by Gasteiger charge is -2.53. The second-order valence-corrected chi connectivity index (χ2v) is 5.22. The molecule has 0 radical (unpaired) electrons. The highest BCUT2D eigenvalue weighted by atomic mass is 16.5. The highest BCUT2D eigenvalue weighted by molar-refractivity contribution is 5.83. The van der Waals surface area contributed by atoms with Crippen molar-refractivity contribution in [3.63, 3.8) is 0 Å². The van der Waals surface area contributed by atoms with Crippen molar-refractivity contribution in [3.05, 3.63) is 24.3 Å². The molecule has 4 nitrogen and oxygen atoms in total. The predicted molar refractivity (Wildman–Crippen MR) is 63.5 cm³/mol. The number of carbonyl (C=O) groups excluding carboxylic acids is 1. The second-order valence-electron chi connectivity index (χ2n) is 5.22. The maximum absolute atomic E-state index is 12.0. The zero-order valence-electron chi connectivity index (χ0n) is 10.2. The van der Waals surface area contributed by atoms with Crippen LogP contribution in [0, 0.1) is 35.5 Å². The lowest BCUT2D eigenvalue weighted by Crippen LogP contribution is -2.55. The van der Waals surface area contributed by atoms with E-state index in [1.807, 2.05) is 12.2 Å². The number of ether oxygens (including phenoxy) is 1. The van der Waals surface area contributed by atoms with Crippen molar-refractivity contribution in [2.45, 2.75) is 6.92 Å². The number of esters is 1. The first-order valence-electron chi connectivity index (χ1n) is 6.41. The Morgan fingerprint density at radius 2 is 1.50 bits per heavy atom. The van der Waals surface area contributed by atoms with Gasteiger partial charge in [0.25, 0.3) is 0 Å². The molecule has 0 aliphatic heterocycles. The Hall–Kier alpha value is -1.58. The van der Waals surface area contributed by atoms with Crippen molar-refractivity contribution in [2.75, 3.05) is 6.61 Å². The molecule has 0 amide bonds. The van der Waals surface area contributed by atoms with E-state index < -0.39 is 17.8 Å².